The molecule has 0 saturated carbocycles. The maximum absolute atomic E-state index is 12.0. The third-order valence-electron chi connectivity index (χ3n) is 3.55. The quantitative estimate of drug-likeness (QED) is 0.279. The molecule has 2 N–H and O–H groups in total. The zero-order chi connectivity index (χ0) is 21.8. The van der Waals surface area contributed by atoms with Crippen LogP contribution in [0.15, 0.2) is 12.1 Å². The lowest BCUT2D eigenvalue weighted by Crippen LogP contribution is -2.45. The normalized spacial score (nSPS) is 13.2. The number of carbonyl (C=O) groups is 3. The van der Waals surface area contributed by atoms with Crippen LogP contribution in [-0.4, -0.2) is 46.8 Å². The number of benzene rings is 1. The number of nitrogens with zero attached hydrogens (tertiary/aromatic N) is 1. The number of ether oxygens (including phenoxy) is 2. The summed E-state index contributed by atoms with van der Waals surface area (Å²) >= 11 is 4.19. The van der Waals surface area contributed by atoms with Gasteiger partial charge in [0.05, 0.1) is 22.8 Å². The molecule has 0 radical (unpaired) electrons. The minimum absolute atomic E-state index is 0.0366. The third-order valence-corrected chi connectivity index (χ3v) is 4.12. The molecule has 0 spiro atoms. The standard InChI is InChI=1S/C17H22N2O8S/c1-8-6-10(11(19(24)25)7-9(8)15(22)26-5)13(28)12(14(20)21)18-16(23)27-17(2,3)4/h6-7,12-13,28H,1-5H3,(H,18,23)(H,20,21)/t12-,13?/m0/s1. The van der Waals surface area contributed by atoms with E-state index in [1.807, 2.05) is 0 Å². The highest BCUT2D eigenvalue weighted by molar-refractivity contribution is 7.80. The van der Waals surface area contributed by atoms with Gasteiger partial charge in [0.2, 0.25) is 0 Å². The summed E-state index contributed by atoms with van der Waals surface area (Å²) in [6, 6.07) is 0.640. The van der Waals surface area contributed by atoms with Crippen LogP contribution in [0.1, 0.15) is 47.5 Å². The number of esters is 1. The monoisotopic (exact) mass is 414 g/mol. The summed E-state index contributed by atoms with van der Waals surface area (Å²) in [5.41, 5.74) is -1.19. The number of nitro groups is 1. The molecule has 0 saturated heterocycles. The van der Waals surface area contributed by atoms with Crippen LogP contribution < -0.4 is 5.32 Å². The van der Waals surface area contributed by atoms with Crippen LogP contribution >= 0.6 is 12.6 Å². The van der Waals surface area contributed by atoms with E-state index in [-0.39, 0.29) is 11.1 Å². The predicted molar refractivity (Wildman–Crippen MR) is 102 cm³/mol. The Morgan fingerprint density at radius 1 is 1.29 bits per heavy atom. The summed E-state index contributed by atoms with van der Waals surface area (Å²) < 4.78 is 9.62. The smallest absolute Gasteiger partial charge is 0.408 e. The van der Waals surface area contributed by atoms with E-state index in [4.69, 9.17) is 4.74 Å². The molecule has 0 heterocycles. The van der Waals surface area contributed by atoms with E-state index in [2.05, 4.69) is 22.7 Å². The number of methoxy groups -OCH3 is 1. The Morgan fingerprint density at radius 3 is 2.29 bits per heavy atom. The molecule has 0 aliphatic heterocycles. The lowest BCUT2D eigenvalue weighted by Gasteiger charge is -2.25. The average molecular weight is 414 g/mol. The van der Waals surface area contributed by atoms with Crippen molar-refractivity contribution in [2.45, 2.75) is 44.6 Å². The molecule has 0 fully saturated rings. The van der Waals surface area contributed by atoms with E-state index in [0.717, 1.165) is 13.2 Å². The summed E-state index contributed by atoms with van der Waals surface area (Å²) in [6.45, 7) is 6.30. The van der Waals surface area contributed by atoms with Crippen LogP contribution in [0.5, 0.6) is 0 Å². The number of aryl methyl sites for hydroxylation is 1. The van der Waals surface area contributed by atoms with Crippen molar-refractivity contribution in [1.82, 2.24) is 5.32 Å². The van der Waals surface area contributed by atoms with Gasteiger partial charge in [0, 0.05) is 11.6 Å². The van der Waals surface area contributed by atoms with E-state index in [1.54, 1.807) is 20.8 Å². The number of carbonyl (C=O) groups excluding carboxylic acids is 2. The number of hydrogen-bond donors (Lipinski definition) is 3. The minimum Gasteiger partial charge on any atom is -0.480 e. The number of aliphatic carboxylic acids is 1. The molecule has 2 atom stereocenters. The van der Waals surface area contributed by atoms with E-state index >= 15 is 0 Å². The lowest BCUT2D eigenvalue weighted by atomic mass is 9.97. The van der Waals surface area contributed by atoms with Gasteiger partial charge in [0.15, 0.2) is 0 Å². The van der Waals surface area contributed by atoms with Crippen molar-refractivity contribution in [3.63, 3.8) is 0 Å². The topological polar surface area (TPSA) is 145 Å². The summed E-state index contributed by atoms with van der Waals surface area (Å²) in [4.78, 5) is 46.1. The molecule has 1 amide bonds. The first-order valence-electron chi connectivity index (χ1n) is 8.06. The zero-order valence-corrected chi connectivity index (χ0v) is 16.9. The average Bonchev–Trinajstić information content (AvgIpc) is 2.56. The maximum atomic E-state index is 12.0. The molecule has 0 bridgehead atoms. The minimum atomic E-state index is -1.62. The summed E-state index contributed by atoms with van der Waals surface area (Å²) in [5, 5.41) is 21.8. The largest absolute Gasteiger partial charge is 0.480 e. The van der Waals surface area contributed by atoms with E-state index in [1.165, 1.54) is 13.0 Å². The van der Waals surface area contributed by atoms with Gasteiger partial charge in [-0.2, -0.15) is 12.6 Å². The van der Waals surface area contributed by atoms with E-state index in [9.17, 15) is 29.6 Å². The van der Waals surface area contributed by atoms with Crippen molar-refractivity contribution in [1.29, 1.82) is 0 Å². The molecular weight excluding hydrogens is 392 g/mol. The van der Waals surface area contributed by atoms with Gasteiger partial charge in [-0.3, -0.25) is 10.1 Å². The molecule has 1 rings (SSSR count). The van der Waals surface area contributed by atoms with Crippen molar-refractivity contribution < 1.29 is 33.9 Å². The molecule has 1 aromatic carbocycles. The maximum Gasteiger partial charge on any atom is 0.408 e. The van der Waals surface area contributed by atoms with Gasteiger partial charge in [-0.15, -0.1) is 0 Å². The van der Waals surface area contributed by atoms with E-state index < -0.39 is 45.5 Å². The Kier molecular flexibility index (Phi) is 7.39. The fourth-order valence-electron chi connectivity index (χ4n) is 2.33. The SMILES string of the molecule is COC(=O)c1cc([N+](=O)[O-])c(C(S)[C@H](NC(=O)OC(C)(C)C)C(=O)O)cc1C. The Balaban J connectivity index is 3.36. The van der Waals surface area contributed by atoms with Crippen molar-refractivity contribution >= 4 is 36.3 Å². The molecule has 154 valence electrons. The van der Waals surface area contributed by atoms with Gasteiger partial charge in [0.25, 0.3) is 5.69 Å². The van der Waals surface area contributed by atoms with Gasteiger partial charge in [-0.1, -0.05) is 0 Å². The highest BCUT2D eigenvalue weighted by Gasteiger charge is 2.35. The fourth-order valence-corrected chi connectivity index (χ4v) is 2.74. The highest BCUT2D eigenvalue weighted by atomic mass is 32.1. The Labute approximate surface area is 166 Å². The van der Waals surface area contributed by atoms with E-state index in [0.29, 0.717) is 5.56 Å². The molecule has 10 nitrogen and oxygen atoms in total. The second-order valence-corrected chi connectivity index (χ2v) is 7.44. The van der Waals surface area contributed by atoms with Crippen LogP contribution in [0.2, 0.25) is 0 Å². The summed E-state index contributed by atoms with van der Waals surface area (Å²) in [6.07, 6.45) is -1.01. The molecule has 0 aliphatic carbocycles. The van der Waals surface area contributed by atoms with Gasteiger partial charge < -0.3 is 19.9 Å². The zero-order valence-electron chi connectivity index (χ0n) is 16.0. The van der Waals surface area contributed by atoms with Crippen LogP contribution in [0.25, 0.3) is 0 Å². The first kappa shape index (κ1) is 23.2. The van der Waals surface area contributed by atoms with Crippen molar-refractivity contribution in [3.8, 4) is 0 Å². The number of alkyl carbamates (subject to hydrolysis) is 1. The molecule has 0 aliphatic rings. The van der Waals surface area contributed by atoms with Crippen molar-refractivity contribution in [3.05, 3.63) is 38.9 Å². The first-order chi connectivity index (χ1) is 12.8. The van der Waals surface area contributed by atoms with Crippen LogP contribution in [0.3, 0.4) is 0 Å². The fraction of sp³-hybridized carbons (Fsp3) is 0.471. The van der Waals surface area contributed by atoms with Crippen LogP contribution in [-0.2, 0) is 14.3 Å². The number of hydrogen-bond acceptors (Lipinski definition) is 8. The van der Waals surface area contributed by atoms with Gasteiger partial charge in [-0.05, 0) is 39.3 Å². The molecule has 0 aromatic heterocycles. The van der Waals surface area contributed by atoms with Crippen LogP contribution in [0.4, 0.5) is 10.5 Å². The molecule has 1 aromatic rings. The number of thiol groups is 1. The van der Waals surface area contributed by atoms with Gasteiger partial charge >= 0.3 is 18.0 Å². The Morgan fingerprint density at radius 2 is 1.86 bits per heavy atom. The second kappa shape index (κ2) is 8.91. The summed E-state index contributed by atoms with van der Waals surface area (Å²) in [7, 11) is 1.13. The second-order valence-electron chi connectivity index (χ2n) is 6.88. The number of carboxylic acids is 1. The third kappa shape index (κ3) is 5.84. The Bertz CT molecular complexity index is 803. The van der Waals surface area contributed by atoms with Gasteiger partial charge in [0.1, 0.15) is 11.6 Å². The van der Waals surface area contributed by atoms with Crippen molar-refractivity contribution in [2.24, 2.45) is 0 Å². The molecule has 28 heavy (non-hydrogen) atoms. The highest BCUT2D eigenvalue weighted by Crippen LogP contribution is 2.34. The first-order valence-corrected chi connectivity index (χ1v) is 8.57. The predicted octanol–water partition coefficient (Wildman–Crippen LogP) is 2.64. The number of nitrogens with one attached hydrogen (secondary N) is 1. The van der Waals surface area contributed by atoms with Crippen LogP contribution in [0, 0.1) is 17.0 Å². The Hall–Kier alpha value is -2.82. The summed E-state index contributed by atoms with van der Waals surface area (Å²) in [5.74, 6) is -2.24. The molecular formula is C17H22N2O8S. The molecule has 1 unspecified atom stereocenters. The molecule has 11 heteroatoms. The number of rotatable bonds is 6. The van der Waals surface area contributed by atoms with Gasteiger partial charge in [-0.25, -0.2) is 14.4 Å². The number of nitro benzene ring substituents is 1. The number of amides is 1. The lowest BCUT2D eigenvalue weighted by molar-refractivity contribution is -0.385. The van der Waals surface area contributed by atoms with Crippen molar-refractivity contribution in [2.75, 3.05) is 7.11 Å². The number of carboxylic acid groups (broad SMARTS) is 1.